The monoisotopic (exact) mass is 480 g/mol. The highest BCUT2D eigenvalue weighted by atomic mass is 32.1. The Labute approximate surface area is 199 Å². The van der Waals surface area contributed by atoms with Gasteiger partial charge in [0.25, 0.3) is 11.8 Å². The van der Waals surface area contributed by atoms with E-state index in [0.29, 0.717) is 38.6 Å². The van der Waals surface area contributed by atoms with E-state index in [1.54, 1.807) is 25.4 Å². The molecule has 5 rings (SSSR count). The first kappa shape index (κ1) is 22.3. The van der Waals surface area contributed by atoms with Gasteiger partial charge in [-0.1, -0.05) is 0 Å². The van der Waals surface area contributed by atoms with Gasteiger partial charge in [0, 0.05) is 42.5 Å². The summed E-state index contributed by atoms with van der Waals surface area (Å²) < 4.78 is 6.89. The summed E-state index contributed by atoms with van der Waals surface area (Å²) in [6.45, 7) is 1.85. The molecule has 0 bridgehead atoms. The number of nitrogens with zero attached hydrogens (tertiary/aromatic N) is 2. The predicted octanol–water partition coefficient (Wildman–Crippen LogP) is 2.81. The molecule has 2 unspecified atom stereocenters. The number of carbonyl (C=O) groups is 2. The smallest absolute Gasteiger partial charge is 0.264 e. The van der Waals surface area contributed by atoms with Crippen molar-refractivity contribution < 1.29 is 24.5 Å². The van der Waals surface area contributed by atoms with Crippen LogP contribution in [-0.4, -0.2) is 69.2 Å². The lowest BCUT2D eigenvalue weighted by Crippen LogP contribution is -2.37. The molecule has 0 spiro atoms. The van der Waals surface area contributed by atoms with Crippen LogP contribution in [0.5, 0.6) is 11.5 Å². The van der Waals surface area contributed by atoms with Crippen LogP contribution >= 0.6 is 11.3 Å². The average Bonchev–Trinajstić information content (AvgIpc) is 3.52. The summed E-state index contributed by atoms with van der Waals surface area (Å²) >= 11 is 1.26. The molecule has 4 N–H and O–H groups in total. The van der Waals surface area contributed by atoms with Crippen molar-refractivity contribution in [1.29, 1.82) is 0 Å². The molecule has 2 amide bonds. The predicted molar refractivity (Wildman–Crippen MR) is 129 cm³/mol. The summed E-state index contributed by atoms with van der Waals surface area (Å²) in [6.07, 6.45) is 1.34. The van der Waals surface area contributed by atoms with Crippen LogP contribution in [0.15, 0.2) is 36.5 Å². The number of fused-ring (bicyclic) bond motifs is 2. The molecule has 0 saturated carbocycles. The van der Waals surface area contributed by atoms with E-state index in [1.165, 1.54) is 16.2 Å². The standard InChI is InChI=1S/C24H24N4O5S/c1-12-21(23(31)25-2)16-8-15(3-4-17(16)27-12)33-19-5-6-26-18-9-20(34-22(18)19)24(32)28-10-14(30)7-13(28)11-29/h3-6,8-9,13-14,27,29-30H,7,10-11H2,1-2H3,(H,25,31). The van der Waals surface area contributed by atoms with Crippen LogP contribution in [0.25, 0.3) is 21.1 Å². The molecule has 1 aliphatic rings. The third kappa shape index (κ3) is 3.79. The third-order valence-corrected chi connectivity index (χ3v) is 7.22. The first-order chi connectivity index (χ1) is 16.4. The Morgan fingerprint density at radius 1 is 1.32 bits per heavy atom. The first-order valence-electron chi connectivity index (χ1n) is 10.9. The second-order valence-electron chi connectivity index (χ2n) is 8.33. The minimum Gasteiger partial charge on any atom is -0.456 e. The lowest BCUT2D eigenvalue weighted by Gasteiger charge is -2.21. The molecule has 3 aromatic heterocycles. The lowest BCUT2D eigenvalue weighted by atomic mass is 10.1. The molecule has 34 heavy (non-hydrogen) atoms. The Balaban J connectivity index is 1.48. The van der Waals surface area contributed by atoms with Gasteiger partial charge >= 0.3 is 0 Å². The van der Waals surface area contributed by atoms with E-state index in [0.717, 1.165) is 16.6 Å². The molecule has 4 heterocycles. The largest absolute Gasteiger partial charge is 0.456 e. The minimum atomic E-state index is -0.640. The van der Waals surface area contributed by atoms with E-state index in [2.05, 4.69) is 15.3 Å². The zero-order chi connectivity index (χ0) is 24.0. The van der Waals surface area contributed by atoms with Gasteiger partial charge in [-0.15, -0.1) is 11.3 Å². The fourth-order valence-corrected chi connectivity index (χ4v) is 5.49. The van der Waals surface area contributed by atoms with E-state index < -0.39 is 12.1 Å². The number of nitrogens with one attached hydrogen (secondary N) is 2. The van der Waals surface area contributed by atoms with E-state index >= 15 is 0 Å². The van der Waals surface area contributed by atoms with Gasteiger partial charge in [0.05, 0.1) is 39.4 Å². The summed E-state index contributed by atoms with van der Waals surface area (Å²) in [4.78, 5) is 35.0. The highest BCUT2D eigenvalue weighted by molar-refractivity contribution is 7.21. The number of aryl methyl sites for hydroxylation is 1. The van der Waals surface area contributed by atoms with Crippen LogP contribution in [-0.2, 0) is 0 Å². The van der Waals surface area contributed by atoms with Crippen molar-refractivity contribution >= 4 is 44.3 Å². The van der Waals surface area contributed by atoms with Crippen molar-refractivity contribution in [3.8, 4) is 11.5 Å². The quantitative estimate of drug-likeness (QED) is 0.348. The average molecular weight is 481 g/mol. The van der Waals surface area contributed by atoms with Crippen molar-refractivity contribution in [1.82, 2.24) is 20.2 Å². The molecule has 0 aliphatic carbocycles. The fourth-order valence-electron chi connectivity index (χ4n) is 4.47. The molecule has 1 aromatic carbocycles. The number of aromatic nitrogens is 2. The number of amides is 2. The molecular formula is C24H24N4O5S. The fraction of sp³-hybridized carbons (Fsp3) is 0.292. The maximum absolute atomic E-state index is 13.1. The SMILES string of the molecule is CNC(=O)c1c(C)[nH]c2ccc(Oc3ccnc4cc(C(=O)N5CC(O)CC5CO)sc34)cc12. The molecule has 2 atom stereocenters. The number of ether oxygens (including phenoxy) is 1. The Morgan fingerprint density at radius 2 is 2.15 bits per heavy atom. The Kier molecular flexibility index (Phi) is 5.72. The van der Waals surface area contributed by atoms with Gasteiger partial charge in [0.1, 0.15) is 11.5 Å². The molecule has 9 nitrogen and oxygen atoms in total. The molecule has 176 valence electrons. The topological polar surface area (TPSA) is 128 Å². The summed E-state index contributed by atoms with van der Waals surface area (Å²) in [6, 6.07) is 8.52. The van der Waals surface area contributed by atoms with Gasteiger partial charge < -0.3 is 30.2 Å². The second kappa shape index (κ2) is 8.71. The number of aliphatic hydroxyl groups excluding tert-OH is 2. The number of likely N-dealkylation sites (tertiary alicyclic amines) is 1. The minimum absolute atomic E-state index is 0.179. The first-order valence-corrected chi connectivity index (χ1v) is 11.7. The van der Waals surface area contributed by atoms with Crippen LogP contribution in [0.1, 0.15) is 32.1 Å². The van der Waals surface area contributed by atoms with Crippen LogP contribution in [0.2, 0.25) is 0 Å². The normalized spacial score (nSPS) is 18.1. The third-order valence-electron chi connectivity index (χ3n) is 6.09. The van der Waals surface area contributed by atoms with Gasteiger partial charge in [-0.05, 0) is 37.6 Å². The summed E-state index contributed by atoms with van der Waals surface area (Å²) in [5, 5.41) is 22.9. The van der Waals surface area contributed by atoms with Crippen molar-refractivity contribution in [2.24, 2.45) is 0 Å². The number of thiophene rings is 1. The van der Waals surface area contributed by atoms with E-state index in [-0.39, 0.29) is 25.0 Å². The number of rotatable bonds is 5. The van der Waals surface area contributed by atoms with Crippen LogP contribution in [0.3, 0.4) is 0 Å². The number of pyridine rings is 1. The van der Waals surface area contributed by atoms with Gasteiger partial charge in [-0.25, -0.2) is 0 Å². The van der Waals surface area contributed by atoms with Crippen molar-refractivity contribution in [2.45, 2.75) is 25.5 Å². The van der Waals surface area contributed by atoms with Crippen molar-refractivity contribution in [2.75, 3.05) is 20.2 Å². The van der Waals surface area contributed by atoms with Crippen LogP contribution in [0, 0.1) is 6.92 Å². The summed E-state index contributed by atoms with van der Waals surface area (Å²) in [7, 11) is 1.59. The van der Waals surface area contributed by atoms with E-state index in [9.17, 15) is 19.8 Å². The summed E-state index contributed by atoms with van der Waals surface area (Å²) in [5.74, 6) is 0.668. The molecule has 0 radical (unpaired) electrons. The van der Waals surface area contributed by atoms with E-state index in [4.69, 9.17) is 4.74 Å². The summed E-state index contributed by atoms with van der Waals surface area (Å²) in [5.41, 5.74) is 2.79. The number of aromatic amines is 1. The Morgan fingerprint density at radius 3 is 2.91 bits per heavy atom. The molecular weight excluding hydrogens is 456 g/mol. The van der Waals surface area contributed by atoms with Gasteiger partial charge in [-0.2, -0.15) is 0 Å². The number of carbonyl (C=O) groups excluding carboxylic acids is 2. The molecule has 4 aromatic rings. The van der Waals surface area contributed by atoms with Crippen LogP contribution < -0.4 is 10.1 Å². The maximum Gasteiger partial charge on any atom is 0.264 e. The zero-order valence-electron chi connectivity index (χ0n) is 18.7. The van der Waals surface area contributed by atoms with Gasteiger partial charge in [0.15, 0.2) is 0 Å². The van der Waals surface area contributed by atoms with Crippen LogP contribution in [0.4, 0.5) is 0 Å². The Hall–Kier alpha value is -3.47. The van der Waals surface area contributed by atoms with Crippen molar-refractivity contribution in [3.63, 3.8) is 0 Å². The second-order valence-corrected chi connectivity index (χ2v) is 9.38. The lowest BCUT2D eigenvalue weighted by molar-refractivity contribution is 0.0669. The zero-order valence-corrected chi connectivity index (χ0v) is 19.5. The maximum atomic E-state index is 13.1. The highest BCUT2D eigenvalue weighted by Gasteiger charge is 2.35. The van der Waals surface area contributed by atoms with Gasteiger partial charge in [0.2, 0.25) is 0 Å². The molecule has 1 aliphatic heterocycles. The number of benzene rings is 1. The number of hydrogen-bond acceptors (Lipinski definition) is 7. The number of aliphatic hydroxyl groups is 2. The van der Waals surface area contributed by atoms with Crippen molar-refractivity contribution in [3.05, 3.63) is 52.7 Å². The number of H-pyrrole nitrogens is 1. The van der Waals surface area contributed by atoms with Gasteiger partial charge in [-0.3, -0.25) is 14.6 Å². The van der Waals surface area contributed by atoms with E-state index in [1.807, 2.05) is 25.1 Å². The molecule has 1 fully saturated rings. The number of hydrogen-bond donors (Lipinski definition) is 4. The Bertz CT molecular complexity index is 1410. The molecule has 1 saturated heterocycles. The highest BCUT2D eigenvalue weighted by Crippen LogP contribution is 2.37. The molecule has 10 heteroatoms. The number of β-amino-alcohol motifs (C(OH)–C–C–N with tert-alkyl or cyclic N) is 1.